The van der Waals surface area contributed by atoms with Gasteiger partial charge in [-0.1, -0.05) is 25.5 Å². The molecule has 0 spiro atoms. The van der Waals surface area contributed by atoms with E-state index in [0.29, 0.717) is 17.8 Å². The van der Waals surface area contributed by atoms with Gasteiger partial charge in [0.05, 0.1) is 12.2 Å². The third kappa shape index (κ3) is 2.92. The molecule has 0 amide bonds. The van der Waals surface area contributed by atoms with E-state index in [4.69, 9.17) is 9.47 Å². The van der Waals surface area contributed by atoms with Crippen molar-refractivity contribution in [1.29, 1.82) is 0 Å². The summed E-state index contributed by atoms with van der Waals surface area (Å²) in [7, 11) is 0. The Morgan fingerprint density at radius 1 is 1.29 bits per heavy atom. The van der Waals surface area contributed by atoms with Crippen molar-refractivity contribution in [3.63, 3.8) is 0 Å². The molecule has 0 radical (unpaired) electrons. The van der Waals surface area contributed by atoms with Gasteiger partial charge in [-0.3, -0.25) is 0 Å². The molecule has 0 bridgehead atoms. The fourth-order valence-corrected chi connectivity index (χ4v) is 3.32. The largest absolute Gasteiger partial charge is 0.352 e. The Balaban J connectivity index is 2.11. The van der Waals surface area contributed by atoms with Gasteiger partial charge in [0.2, 0.25) is 0 Å². The van der Waals surface area contributed by atoms with Crippen LogP contribution in [0, 0.1) is 17.8 Å². The lowest BCUT2D eigenvalue weighted by Crippen LogP contribution is -2.46. The molecule has 1 saturated heterocycles. The topological polar surface area (TPSA) is 18.5 Å². The molecule has 0 aromatic carbocycles. The van der Waals surface area contributed by atoms with Gasteiger partial charge in [0.1, 0.15) is 0 Å². The van der Waals surface area contributed by atoms with Crippen molar-refractivity contribution in [2.75, 3.05) is 6.61 Å². The Morgan fingerprint density at radius 2 is 2.00 bits per heavy atom. The van der Waals surface area contributed by atoms with E-state index in [1.165, 1.54) is 12.0 Å². The molecule has 0 saturated carbocycles. The first-order valence-corrected chi connectivity index (χ1v) is 6.86. The van der Waals surface area contributed by atoms with Gasteiger partial charge in [-0.05, 0) is 45.4 Å². The number of hydrogen-bond acceptors (Lipinski definition) is 2. The summed E-state index contributed by atoms with van der Waals surface area (Å²) in [6.45, 7) is 12.0. The van der Waals surface area contributed by atoms with Crippen molar-refractivity contribution >= 4 is 0 Å². The van der Waals surface area contributed by atoms with Crippen LogP contribution in [-0.4, -0.2) is 18.5 Å². The summed E-state index contributed by atoms with van der Waals surface area (Å²) in [5, 5.41) is 0. The van der Waals surface area contributed by atoms with E-state index in [-0.39, 0.29) is 11.9 Å². The highest BCUT2D eigenvalue weighted by Gasteiger charge is 2.40. The molecule has 0 aromatic rings. The second kappa shape index (κ2) is 4.74. The maximum absolute atomic E-state index is 6.14. The molecular formula is C15H26O2. The van der Waals surface area contributed by atoms with E-state index in [1.807, 2.05) is 0 Å². The van der Waals surface area contributed by atoms with E-state index in [2.05, 4.69) is 40.7 Å². The molecule has 17 heavy (non-hydrogen) atoms. The molecule has 1 aliphatic heterocycles. The number of hydrogen-bond donors (Lipinski definition) is 0. The molecule has 0 N–H and O–H groups in total. The van der Waals surface area contributed by atoms with Crippen molar-refractivity contribution in [3.8, 4) is 0 Å². The number of allylic oxidation sites excluding steroid dienone is 2. The smallest absolute Gasteiger partial charge is 0.161 e. The highest BCUT2D eigenvalue weighted by atomic mass is 16.7. The molecule has 2 aliphatic rings. The average Bonchev–Trinajstić information content (AvgIpc) is 2.13. The fourth-order valence-electron chi connectivity index (χ4n) is 3.32. The predicted octanol–water partition coefficient (Wildman–Crippen LogP) is 3.77. The molecule has 0 aromatic heterocycles. The van der Waals surface area contributed by atoms with Crippen molar-refractivity contribution < 1.29 is 9.47 Å². The molecule has 1 fully saturated rings. The highest BCUT2D eigenvalue weighted by Crippen LogP contribution is 2.40. The molecule has 0 unspecified atom stereocenters. The molecule has 98 valence electrons. The van der Waals surface area contributed by atoms with E-state index in [9.17, 15) is 0 Å². The van der Waals surface area contributed by atoms with E-state index < -0.39 is 0 Å². The summed E-state index contributed by atoms with van der Waals surface area (Å²) >= 11 is 0. The summed E-state index contributed by atoms with van der Waals surface area (Å²) in [5.74, 6) is 1.70. The van der Waals surface area contributed by atoms with Gasteiger partial charge in [0.15, 0.2) is 6.29 Å². The van der Waals surface area contributed by atoms with Crippen LogP contribution in [-0.2, 0) is 9.47 Å². The molecule has 1 aliphatic carbocycles. The van der Waals surface area contributed by atoms with Gasteiger partial charge in [0, 0.05) is 5.92 Å². The zero-order valence-electron chi connectivity index (χ0n) is 11.8. The van der Waals surface area contributed by atoms with Crippen LogP contribution in [0.15, 0.2) is 11.6 Å². The first kappa shape index (κ1) is 13.1. The zero-order chi connectivity index (χ0) is 12.6. The Morgan fingerprint density at radius 3 is 2.59 bits per heavy atom. The van der Waals surface area contributed by atoms with Gasteiger partial charge >= 0.3 is 0 Å². The van der Waals surface area contributed by atoms with Crippen molar-refractivity contribution in [3.05, 3.63) is 11.6 Å². The Bertz CT molecular complexity index is 306. The normalized spacial score (nSPS) is 42.1. The quantitative estimate of drug-likeness (QED) is 0.647. The molecule has 4 atom stereocenters. The molecule has 2 nitrogen and oxygen atoms in total. The van der Waals surface area contributed by atoms with Gasteiger partial charge < -0.3 is 9.47 Å². The Kier molecular flexibility index (Phi) is 3.65. The minimum Gasteiger partial charge on any atom is -0.352 e. The van der Waals surface area contributed by atoms with Crippen molar-refractivity contribution in [1.82, 2.24) is 0 Å². The van der Waals surface area contributed by atoms with Crippen molar-refractivity contribution in [2.45, 2.75) is 59.4 Å². The first-order valence-electron chi connectivity index (χ1n) is 6.86. The van der Waals surface area contributed by atoms with Crippen LogP contribution >= 0.6 is 0 Å². The van der Waals surface area contributed by atoms with Crippen LogP contribution in [0.2, 0.25) is 0 Å². The van der Waals surface area contributed by atoms with Gasteiger partial charge in [0.25, 0.3) is 0 Å². The summed E-state index contributed by atoms with van der Waals surface area (Å²) in [5.41, 5.74) is 1.48. The van der Waals surface area contributed by atoms with Crippen LogP contribution < -0.4 is 0 Å². The third-order valence-corrected chi connectivity index (χ3v) is 4.19. The SMILES string of the molecule is CC1=C[C@@H](C)[C@H]([C@@H]2OCCC(C)(C)O2)[C@H](C)C1. The lowest BCUT2D eigenvalue weighted by atomic mass is 9.74. The van der Waals surface area contributed by atoms with Gasteiger partial charge in [-0.15, -0.1) is 0 Å². The Labute approximate surface area is 105 Å². The summed E-state index contributed by atoms with van der Waals surface area (Å²) in [6.07, 6.45) is 4.54. The summed E-state index contributed by atoms with van der Waals surface area (Å²) < 4.78 is 12.0. The van der Waals surface area contributed by atoms with E-state index >= 15 is 0 Å². The second-order valence-corrected chi connectivity index (χ2v) is 6.50. The van der Waals surface area contributed by atoms with Gasteiger partial charge in [-0.25, -0.2) is 0 Å². The molecule has 1 heterocycles. The second-order valence-electron chi connectivity index (χ2n) is 6.50. The maximum atomic E-state index is 6.14. The number of ether oxygens (including phenoxy) is 2. The molecule has 2 heteroatoms. The number of rotatable bonds is 1. The summed E-state index contributed by atoms with van der Waals surface area (Å²) in [6, 6.07) is 0. The monoisotopic (exact) mass is 238 g/mol. The standard InChI is InChI=1S/C15H26O2/c1-10-8-11(2)13(12(3)9-10)14-16-7-6-15(4,5)17-14/h8,11-14H,6-7,9H2,1-5H3/t11-,12-,13+,14-/m1/s1. The zero-order valence-corrected chi connectivity index (χ0v) is 11.8. The first-order chi connectivity index (χ1) is 7.89. The highest BCUT2D eigenvalue weighted by molar-refractivity contribution is 5.09. The maximum Gasteiger partial charge on any atom is 0.161 e. The van der Waals surface area contributed by atoms with Crippen LogP contribution in [0.4, 0.5) is 0 Å². The van der Waals surface area contributed by atoms with E-state index in [1.54, 1.807) is 0 Å². The lowest BCUT2D eigenvalue weighted by molar-refractivity contribution is -0.275. The van der Waals surface area contributed by atoms with Gasteiger partial charge in [-0.2, -0.15) is 0 Å². The third-order valence-electron chi connectivity index (χ3n) is 4.19. The van der Waals surface area contributed by atoms with Crippen LogP contribution in [0.3, 0.4) is 0 Å². The minimum absolute atomic E-state index is 0.0203. The van der Waals surface area contributed by atoms with Crippen LogP contribution in [0.1, 0.15) is 47.5 Å². The predicted molar refractivity (Wildman–Crippen MR) is 69.7 cm³/mol. The minimum atomic E-state index is -0.0292. The molecular weight excluding hydrogens is 212 g/mol. The summed E-state index contributed by atoms with van der Waals surface area (Å²) in [4.78, 5) is 0. The Hall–Kier alpha value is -0.340. The average molecular weight is 238 g/mol. The lowest BCUT2D eigenvalue weighted by Gasteiger charge is -2.44. The molecule has 2 rings (SSSR count). The van der Waals surface area contributed by atoms with Crippen molar-refractivity contribution in [2.24, 2.45) is 17.8 Å². The fraction of sp³-hybridized carbons (Fsp3) is 0.867. The van der Waals surface area contributed by atoms with E-state index in [0.717, 1.165) is 13.0 Å². The van der Waals surface area contributed by atoms with Crippen LogP contribution in [0.5, 0.6) is 0 Å². The van der Waals surface area contributed by atoms with Crippen LogP contribution in [0.25, 0.3) is 0 Å².